The number of hydrogen-bond acceptors (Lipinski definition) is 11. The smallest absolute Gasteiger partial charge is 0.308 e. The number of carbonyl (C=O) groups excluding carboxylic acids is 3. The van der Waals surface area contributed by atoms with Gasteiger partial charge in [0.05, 0.1) is 50.8 Å². The highest BCUT2D eigenvalue weighted by Crippen LogP contribution is 2.29. The third-order valence-corrected chi connectivity index (χ3v) is 13.7. The van der Waals surface area contributed by atoms with Crippen LogP contribution >= 0.6 is 9.47 Å². The number of amides is 2. The monoisotopic (exact) mass is 975 g/mol. The van der Waals surface area contributed by atoms with Gasteiger partial charge in [-0.2, -0.15) is 0 Å². The maximum atomic E-state index is 13.8. The van der Waals surface area contributed by atoms with Gasteiger partial charge in [-0.3, -0.25) is 14.4 Å². The van der Waals surface area contributed by atoms with E-state index < -0.39 is 43.2 Å². The van der Waals surface area contributed by atoms with Crippen LogP contribution in [0.15, 0.2) is 0 Å². The normalized spacial score (nSPS) is 19.8. The summed E-state index contributed by atoms with van der Waals surface area (Å²) >= 11 is 0. The zero-order valence-electron chi connectivity index (χ0n) is 43.7. The number of ether oxygens (including phenoxy) is 6. The summed E-state index contributed by atoms with van der Waals surface area (Å²) in [5, 5.41) is 16.4. The van der Waals surface area contributed by atoms with E-state index in [9.17, 15) is 19.5 Å². The fourth-order valence-electron chi connectivity index (χ4n) is 9.09. The Hall–Kier alpha value is -1.44. The summed E-state index contributed by atoms with van der Waals surface area (Å²) < 4.78 is 41.5. The Labute approximate surface area is 411 Å². The van der Waals surface area contributed by atoms with Gasteiger partial charge >= 0.3 is 5.97 Å². The van der Waals surface area contributed by atoms with Gasteiger partial charge in [0.2, 0.25) is 11.8 Å². The number of nitrogens with one attached hydrogen (secondary N) is 2. The van der Waals surface area contributed by atoms with Crippen LogP contribution in [0.5, 0.6) is 0 Å². The number of methoxy groups -OCH3 is 3. The van der Waals surface area contributed by atoms with Gasteiger partial charge in [-0.05, 0) is 19.3 Å². The van der Waals surface area contributed by atoms with Crippen LogP contribution in [0.2, 0.25) is 0 Å². The van der Waals surface area contributed by atoms with Gasteiger partial charge in [0.15, 0.2) is 12.4 Å². The second-order valence-electron chi connectivity index (χ2n) is 19.1. The van der Waals surface area contributed by atoms with Crippen LogP contribution in [0, 0.1) is 0 Å². The summed E-state index contributed by atoms with van der Waals surface area (Å²) in [6, 6.07) is -1.00. The molecule has 0 aromatic carbocycles. The van der Waals surface area contributed by atoms with Crippen molar-refractivity contribution in [3.63, 3.8) is 0 Å². The first-order valence-electron chi connectivity index (χ1n) is 27.3. The number of unbranched alkanes of at least 4 members (excludes halogenated alkanes) is 24. The number of carbonyl (C=O) groups is 3. The standard InChI is InChI=1S/C53H103N2O11P/c1-7-10-13-16-19-22-25-28-31-34-43(60-4)39-47(57)54-37-38-63-53-50(55-48(58)40-44(61-5)35-32-29-26-23-20-17-14-11-8-2)52(51(66-67)46(42-56)64-53)65-49(59)41-45(62-6)36-33-30-27-24-21-18-15-12-9-3/h43-46,50-53,56H,7-42,67H2,1-6H3,(H,54,57)(H,55,58)/t43?,44?,45?,46?,50?,51-,52?,53+/m0/s1. The highest BCUT2D eigenvalue weighted by atomic mass is 31.0. The molecule has 396 valence electrons. The SMILES string of the molecule is CCCCCCCCCCCC(CC(=O)NCCO[C@@H]1OC(CO)[C@H](OP)C(OC(=O)CC(CCCCCCCCCCC)OC)C1NC(=O)CC(CCCCCCCCCCC)OC)OC. The zero-order chi connectivity index (χ0) is 49.2. The van der Waals surface area contributed by atoms with Crippen molar-refractivity contribution < 1.29 is 52.4 Å². The molecule has 1 heterocycles. The van der Waals surface area contributed by atoms with Crippen LogP contribution in [0.3, 0.4) is 0 Å². The molecule has 0 aliphatic carbocycles. The highest BCUT2D eigenvalue weighted by molar-refractivity contribution is 7.09. The first kappa shape index (κ1) is 63.6. The summed E-state index contributed by atoms with van der Waals surface area (Å²) in [4.78, 5) is 40.6. The molecule has 67 heavy (non-hydrogen) atoms. The van der Waals surface area contributed by atoms with Crippen LogP contribution < -0.4 is 10.6 Å². The Bertz CT molecular complexity index is 1170. The molecule has 0 bridgehead atoms. The second-order valence-corrected chi connectivity index (χ2v) is 19.4. The predicted octanol–water partition coefficient (Wildman–Crippen LogP) is 11.4. The van der Waals surface area contributed by atoms with Gasteiger partial charge in [0.1, 0.15) is 18.2 Å². The van der Waals surface area contributed by atoms with Crippen molar-refractivity contribution in [3.05, 3.63) is 0 Å². The molecule has 2 amide bonds. The van der Waals surface area contributed by atoms with E-state index in [1.807, 2.05) is 0 Å². The van der Waals surface area contributed by atoms with E-state index in [0.29, 0.717) is 0 Å². The van der Waals surface area contributed by atoms with Crippen molar-refractivity contribution >= 4 is 27.3 Å². The van der Waals surface area contributed by atoms with Crippen molar-refractivity contribution in [1.29, 1.82) is 0 Å². The minimum absolute atomic E-state index is 0.0164. The van der Waals surface area contributed by atoms with E-state index in [1.165, 1.54) is 128 Å². The molecular formula is C53H103N2O11P. The largest absolute Gasteiger partial charge is 0.457 e. The average Bonchev–Trinajstić information content (AvgIpc) is 3.33. The molecule has 0 radical (unpaired) electrons. The molecule has 7 unspecified atom stereocenters. The predicted molar refractivity (Wildman–Crippen MR) is 273 cm³/mol. The molecule has 1 saturated heterocycles. The molecule has 0 aromatic rings. The van der Waals surface area contributed by atoms with Crippen LogP contribution in [0.25, 0.3) is 0 Å². The van der Waals surface area contributed by atoms with Gasteiger partial charge in [0, 0.05) is 37.3 Å². The molecule has 13 nitrogen and oxygen atoms in total. The molecule has 3 N–H and O–H groups in total. The second kappa shape index (κ2) is 44.5. The summed E-state index contributed by atoms with van der Waals surface area (Å²) in [5.74, 6) is -0.981. The first-order valence-corrected chi connectivity index (χ1v) is 27.8. The molecule has 1 aliphatic heterocycles. The molecule has 0 saturated carbocycles. The van der Waals surface area contributed by atoms with Gasteiger partial charge in [-0.1, -0.05) is 194 Å². The molecular weight excluding hydrogens is 872 g/mol. The van der Waals surface area contributed by atoms with Crippen molar-refractivity contribution in [2.45, 2.75) is 282 Å². The van der Waals surface area contributed by atoms with E-state index in [-0.39, 0.29) is 62.5 Å². The Kier molecular flexibility index (Phi) is 42.2. The summed E-state index contributed by atoms with van der Waals surface area (Å²) in [5.41, 5.74) is 0. The van der Waals surface area contributed by atoms with Gasteiger partial charge in [0.25, 0.3) is 0 Å². The van der Waals surface area contributed by atoms with Crippen molar-refractivity contribution in [1.82, 2.24) is 10.6 Å². The fraction of sp³-hybridized carbons (Fsp3) is 0.943. The minimum Gasteiger partial charge on any atom is -0.457 e. The zero-order valence-corrected chi connectivity index (χ0v) is 44.8. The molecule has 1 aliphatic rings. The lowest BCUT2D eigenvalue weighted by Crippen LogP contribution is -2.66. The first-order chi connectivity index (χ1) is 32.7. The van der Waals surface area contributed by atoms with E-state index >= 15 is 0 Å². The van der Waals surface area contributed by atoms with Crippen molar-refractivity contribution in [2.24, 2.45) is 0 Å². The van der Waals surface area contributed by atoms with Crippen LogP contribution in [0.1, 0.15) is 233 Å². The molecule has 9 atom stereocenters. The Morgan fingerprint density at radius 3 is 1.33 bits per heavy atom. The number of esters is 1. The summed E-state index contributed by atoms with van der Waals surface area (Å²) in [6.07, 6.45) is 30.5. The summed E-state index contributed by atoms with van der Waals surface area (Å²) in [6.45, 7) is 6.46. The van der Waals surface area contributed by atoms with E-state index in [4.69, 9.17) is 32.9 Å². The number of hydrogen-bond donors (Lipinski definition) is 3. The molecule has 14 heteroatoms. The third-order valence-electron chi connectivity index (χ3n) is 13.4. The van der Waals surface area contributed by atoms with Gasteiger partial charge in [-0.15, -0.1) is 0 Å². The highest BCUT2D eigenvalue weighted by Gasteiger charge is 2.50. The maximum Gasteiger partial charge on any atom is 0.308 e. The molecule has 1 rings (SSSR count). The van der Waals surface area contributed by atoms with E-state index in [0.717, 1.165) is 64.2 Å². The number of aliphatic hydroxyl groups excluding tert-OH is 1. The third kappa shape index (κ3) is 32.2. The lowest BCUT2D eigenvalue weighted by atomic mass is 9.96. The van der Waals surface area contributed by atoms with E-state index in [2.05, 4.69) is 40.9 Å². The average molecular weight is 975 g/mol. The van der Waals surface area contributed by atoms with Crippen LogP contribution in [-0.2, 0) is 47.3 Å². The molecule has 0 spiro atoms. The van der Waals surface area contributed by atoms with Crippen molar-refractivity contribution in [2.75, 3.05) is 41.1 Å². The Morgan fingerprint density at radius 1 is 0.552 bits per heavy atom. The summed E-state index contributed by atoms with van der Waals surface area (Å²) in [7, 11) is 7.06. The van der Waals surface area contributed by atoms with Gasteiger partial charge < -0.3 is 48.7 Å². The van der Waals surface area contributed by atoms with Crippen LogP contribution in [-0.4, -0.2) is 113 Å². The minimum atomic E-state index is -1.14. The Morgan fingerprint density at radius 2 is 0.940 bits per heavy atom. The lowest BCUT2D eigenvalue weighted by Gasteiger charge is -2.45. The Balaban J connectivity index is 2.96. The molecule has 1 fully saturated rings. The number of rotatable bonds is 47. The quantitative estimate of drug-likeness (QED) is 0.0303. The maximum absolute atomic E-state index is 13.8. The van der Waals surface area contributed by atoms with E-state index in [1.54, 1.807) is 21.3 Å². The topological polar surface area (TPSA) is 160 Å². The number of aliphatic hydroxyl groups is 1. The molecule has 0 aromatic heterocycles. The fourth-order valence-corrected chi connectivity index (χ4v) is 9.42. The van der Waals surface area contributed by atoms with Crippen LogP contribution in [0.4, 0.5) is 0 Å². The van der Waals surface area contributed by atoms with Gasteiger partial charge in [-0.25, -0.2) is 0 Å². The van der Waals surface area contributed by atoms with Crippen molar-refractivity contribution in [3.8, 4) is 0 Å². The lowest BCUT2D eigenvalue weighted by molar-refractivity contribution is -0.267.